The van der Waals surface area contributed by atoms with E-state index in [4.69, 9.17) is 0 Å². The molecule has 12 aromatic rings. The predicted octanol–water partition coefficient (Wildman–Crippen LogP) is 15.4. The molecule has 3 nitrogen and oxygen atoms in total. The standard InChI is InChI=1S/C54H35N3S/c1-2-12-38(13-3-1)57-51-20-10-6-16-45(51)46-32-30-42(35-52(46)57)55(41-31-33-54-48(34-41)47-17-7-11-21-53(47)58-54)39-26-22-36(23-27-39)37-24-28-40(29-25-37)56-49-18-8-4-14-43(49)44-15-5-9-19-50(44)56/h1-35H. The van der Waals surface area contributed by atoms with E-state index in [2.05, 4.69) is 226 Å². The van der Waals surface area contributed by atoms with Crippen molar-refractivity contribution < 1.29 is 0 Å². The summed E-state index contributed by atoms with van der Waals surface area (Å²) in [6.45, 7) is 0. The van der Waals surface area contributed by atoms with E-state index in [-0.39, 0.29) is 0 Å². The summed E-state index contributed by atoms with van der Waals surface area (Å²) in [6, 6.07) is 77.4. The number of hydrogen-bond acceptors (Lipinski definition) is 2. The zero-order valence-electron chi connectivity index (χ0n) is 31.5. The minimum Gasteiger partial charge on any atom is -0.310 e. The second-order valence-electron chi connectivity index (χ2n) is 15.0. The van der Waals surface area contributed by atoms with E-state index in [1.165, 1.54) is 74.9 Å². The molecule has 0 radical (unpaired) electrons. The summed E-state index contributed by atoms with van der Waals surface area (Å²) in [7, 11) is 0. The fourth-order valence-electron chi connectivity index (χ4n) is 9.06. The number of benzene rings is 9. The maximum Gasteiger partial charge on any atom is 0.0561 e. The quantitative estimate of drug-likeness (QED) is 0.165. The largest absolute Gasteiger partial charge is 0.310 e. The molecule has 9 aromatic carbocycles. The Balaban J connectivity index is 0.987. The first kappa shape index (κ1) is 32.8. The monoisotopic (exact) mass is 757 g/mol. The van der Waals surface area contributed by atoms with Crippen molar-refractivity contribution in [2.24, 2.45) is 0 Å². The van der Waals surface area contributed by atoms with Crippen LogP contribution in [0.25, 0.3) is 86.3 Å². The van der Waals surface area contributed by atoms with Crippen LogP contribution in [0.2, 0.25) is 0 Å². The average Bonchev–Trinajstić information content (AvgIpc) is 3.95. The lowest BCUT2D eigenvalue weighted by molar-refractivity contribution is 1.18. The number of hydrogen-bond donors (Lipinski definition) is 0. The fourth-order valence-corrected chi connectivity index (χ4v) is 10.1. The Morgan fingerprint density at radius 2 is 0.741 bits per heavy atom. The highest BCUT2D eigenvalue weighted by atomic mass is 32.1. The van der Waals surface area contributed by atoms with Gasteiger partial charge in [-0.05, 0) is 102 Å². The van der Waals surface area contributed by atoms with Crippen molar-refractivity contribution >= 4 is 92.2 Å². The first-order valence-corrected chi connectivity index (χ1v) is 20.6. The Hall–Kier alpha value is -7.40. The summed E-state index contributed by atoms with van der Waals surface area (Å²) in [5, 5.41) is 7.61. The van der Waals surface area contributed by atoms with E-state index in [9.17, 15) is 0 Å². The minimum atomic E-state index is 1.10. The van der Waals surface area contributed by atoms with Gasteiger partial charge in [0.1, 0.15) is 0 Å². The highest BCUT2D eigenvalue weighted by Gasteiger charge is 2.19. The molecule has 0 aliphatic carbocycles. The third-order valence-corrected chi connectivity index (χ3v) is 12.9. The van der Waals surface area contributed by atoms with Crippen molar-refractivity contribution in [2.75, 3.05) is 4.90 Å². The molecule has 3 aromatic heterocycles. The Bertz CT molecular complexity index is 3440. The van der Waals surface area contributed by atoms with Crippen LogP contribution in [0, 0.1) is 0 Å². The van der Waals surface area contributed by atoms with Crippen LogP contribution in [0.4, 0.5) is 17.1 Å². The lowest BCUT2D eigenvalue weighted by atomic mass is 10.0. The van der Waals surface area contributed by atoms with Crippen molar-refractivity contribution in [1.29, 1.82) is 0 Å². The minimum absolute atomic E-state index is 1.10. The molecule has 0 aliphatic heterocycles. The number of thiophene rings is 1. The number of aromatic nitrogens is 2. The van der Waals surface area contributed by atoms with E-state index in [1.807, 2.05) is 11.3 Å². The average molecular weight is 758 g/mol. The molecule has 0 spiro atoms. The zero-order chi connectivity index (χ0) is 38.2. The van der Waals surface area contributed by atoms with Crippen LogP contribution in [0.3, 0.4) is 0 Å². The molecule has 58 heavy (non-hydrogen) atoms. The van der Waals surface area contributed by atoms with Crippen LogP contribution in [0.1, 0.15) is 0 Å². The Labute approximate surface area is 339 Å². The van der Waals surface area contributed by atoms with Crippen LogP contribution in [-0.2, 0) is 0 Å². The molecule has 4 heteroatoms. The van der Waals surface area contributed by atoms with Gasteiger partial charge in [0.25, 0.3) is 0 Å². The summed E-state index contributed by atoms with van der Waals surface area (Å²) in [5.41, 5.74) is 12.8. The normalized spacial score (nSPS) is 11.8. The van der Waals surface area contributed by atoms with Crippen LogP contribution in [0.5, 0.6) is 0 Å². The third kappa shape index (κ3) is 5.12. The number of anilines is 3. The number of fused-ring (bicyclic) bond motifs is 9. The van der Waals surface area contributed by atoms with Gasteiger partial charge in [0, 0.05) is 70.2 Å². The molecule has 12 rings (SSSR count). The van der Waals surface area contributed by atoms with Crippen molar-refractivity contribution in [3.8, 4) is 22.5 Å². The molecule has 0 aliphatic rings. The van der Waals surface area contributed by atoms with E-state index >= 15 is 0 Å². The van der Waals surface area contributed by atoms with E-state index < -0.39 is 0 Å². The van der Waals surface area contributed by atoms with Crippen LogP contribution >= 0.6 is 11.3 Å². The number of rotatable bonds is 6. The molecular formula is C54H35N3S. The van der Waals surface area contributed by atoms with Crippen molar-refractivity contribution in [3.63, 3.8) is 0 Å². The SMILES string of the molecule is c1ccc(-n2c3ccccc3c3ccc(N(c4ccc(-c5ccc(-n6c7ccccc7c7ccccc76)cc5)cc4)c4ccc5sc6ccccc6c5c4)cc32)cc1. The van der Waals surface area contributed by atoms with Crippen LogP contribution < -0.4 is 4.90 Å². The zero-order valence-corrected chi connectivity index (χ0v) is 32.3. The molecule has 0 unspecified atom stereocenters. The van der Waals surface area contributed by atoms with Crippen LogP contribution in [0.15, 0.2) is 212 Å². The van der Waals surface area contributed by atoms with E-state index in [0.29, 0.717) is 0 Å². The fraction of sp³-hybridized carbons (Fsp3) is 0. The summed E-state index contributed by atoms with van der Waals surface area (Å²) < 4.78 is 7.37. The van der Waals surface area contributed by atoms with Gasteiger partial charge >= 0.3 is 0 Å². The molecule has 272 valence electrons. The van der Waals surface area contributed by atoms with Gasteiger partial charge in [-0.15, -0.1) is 11.3 Å². The smallest absolute Gasteiger partial charge is 0.0561 e. The Morgan fingerprint density at radius 3 is 1.40 bits per heavy atom. The molecule has 3 heterocycles. The first-order valence-electron chi connectivity index (χ1n) is 19.8. The van der Waals surface area contributed by atoms with Crippen molar-refractivity contribution in [2.45, 2.75) is 0 Å². The molecule has 0 atom stereocenters. The molecule has 0 fully saturated rings. The van der Waals surface area contributed by atoms with Gasteiger partial charge < -0.3 is 14.0 Å². The Kier molecular flexibility index (Phi) is 7.40. The lowest BCUT2D eigenvalue weighted by Gasteiger charge is -2.26. The third-order valence-electron chi connectivity index (χ3n) is 11.7. The van der Waals surface area contributed by atoms with Gasteiger partial charge in [0.2, 0.25) is 0 Å². The molecule has 0 bridgehead atoms. The topological polar surface area (TPSA) is 13.1 Å². The van der Waals surface area contributed by atoms with Gasteiger partial charge in [-0.2, -0.15) is 0 Å². The highest BCUT2D eigenvalue weighted by molar-refractivity contribution is 7.25. The van der Waals surface area contributed by atoms with Crippen molar-refractivity contribution in [1.82, 2.24) is 9.13 Å². The molecule has 0 saturated heterocycles. The van der Waals surface area contributed by atoms with Crippen molar-refractivity contribution in [3.05, 3.63) is 212 Å². The second kappa shape index (κ2) is 13.1. The summed E-state index contributed by atoms with van der Waals surface area (Å²) in [4.78, 5) is 2.41. The number of para-hydroxylation sites is 4. The Morgan fingerprint density at radius 1 is 0.293 bits per heavy atom. The maximum absolute atomic E-state index is 2.41. The van der Waals surface area contributed by atoms with Crippen LogP contribution in [-0.4, -0.2) is 9.13 Å². The van der Waals surface area contributed by atoms with Gasteiger partial charge in [0.15, 0.2) is 0 Å². The highest BCUT2D eigenvalue weighted by Crippen LogP contribution is 2.43. The second-order valence-corrected chi connectivity index (χ2v) is 16.1. The summed E-state index contributed by atoms with van der Waals surface area (Å²) in [6.07, 6.45) is 0. The van der Waals surface area contributed by atoms with Gasteiger partial charge in [-0.25, -0.2) is 0 Å². The van der Waals surface area contributed by atoms with Gasteiger partial charge in [-0.3, -0.25) is 0 Å². The molecule has 0 saturated carbocycles. The van der Waals surface area contributed by atoms with E-state index in [0.717, 1.165) is 28.4 Å². The lowest BCUT2D eigenvalue weighted by Crippen LogP contribution is -2.10. The summed E-state index contributed by atoms with van der Waals surface area (Å²) >= 11 is 1.85. The predicted molar refractivity (Wildman–Crippen MR) is 248 cm³/mol. The first-order chi connectivity index (χ1) is 28.8. The van der Waals surface area contributed by atoms with Gasteiger partial charge in [-0.1, -0.05) is 121 Å². The van der Waals surface area contributed by atoms with Gasteiger partial charge in [0.05, 0.1) is 22.1 Å². The molecular weight excluding hydrogens is 723 g/mol. The molecule has 0 N–H and O–H groups in total. The molecule has 0 amide bonds. The summed E-state index contributed by atoms with van der Waals surface area (Å²) in [5.74, 6) is 0. The van der Waals surface area contributed by atoms with E-state index in [1.54, 1.807) is 0 Å². The number of nitrogens with zero attached hydrogens (tertiary/aromatic N) is 3. The maximum atomic E-state index is 2.41.